The molecule has 5 rings (SSSR count). The van der Waals surface area contributed by atoms with Gasteiger partial charge in [-0.3, -0.25) is 9.78 Å². The zero-order valence-corrected chi connectivity index (χ0v) is 20.0. The van der Waals surface area contributed by atoms with E-state index >= 15 is 0 Å². The van der Waals surface area contributed by atoms with Gasteiger partial charge in [-0.15, -0.1) is 5.10 Å². The Balaban J connectivity index is 1.45. The fraction of sp³-hybridized carbons (Fsp3) is 0.231. The minimum absolute atomic E-state index is 0.0406. The summed E-state index contributed by atoms with van der Waals surface area (Å²) in [4.78, 5) is 17.9. The van der Waals surface area contributed by atoms with E-state index in [4.69, 9.17) is 9.47 Å². The highest BCUT2D eigenvalue weighted by Gasteiger charge is 2.40. The molecule has 0 fully saturated rings. The van der Waals surface area contributed by atoms with E-state index in [-0.39, 0.29) is 24.1 Å². The Kier molecular flexibility index (Phi) is 6.70. The first-order chi connectivity index (χ1) is 18.2. The molecule has 0 saturated carbocycles. The molecule has 8 nitrogen and oxygen atoms in total. The van der Waals surface area contributed by atoms with Gasteiger partial charge in [-0.05, 0) is 49.2 Å². The maximum Gasteiger partial charge on any atom is 0.406 e. The minimum atomic E-state index is -4.69. The summed E-state index contributed by atoms with van der Waals surface area (Å²) in [5.74, 6) is -0.108. The average molecular weight is 527 g/mol. The Hall–Kier alpha value is -4.48. The molecule has 0 aliphatic carbocycles. The number of pyridine rings is 1. The van der Waals surface area contributed by atoms with E-state index in [1.807, 2.05) is 0 Å². The molecule has 3 heterocycles. The van der Waals surface area contributed by atoms with E-state index in [2.05, 4.69) is 15.3 Å². The summed E-state index contributed by atoms with van der Waals surface area (Å²) in [6.45, 7) is -1.55. The second-order valence-electron chi connectivity index (χ2n) is 8.57. The lowest BCUT2D eigenvalue weighted by Gasteiger charge is -2.26. The van der Waals surface area contributed by atoms with Crippen molar-refractivity contribution in [2.24, 2.45) is 0 Å². The van der Waals surface area contributed by atoms with E-state index in [1.54, 1.807) is 42.7 Å². The maximum absolute atomic E-state index is 14.5. The number of aromatic nitrogens is 4. The minimum Gasteiger partial charge on any atom is -0.496 e. The highest BCUT2D eigenvalue weighted by molar-refractivity contribution is 5.97. The molecule has 0 N–H and O–H groups in total. The normalized spacial score (nSPS) is 15.7. The highest BCUT2D eigenvalue weighted by Crippen LogP contribution is 2.37. The van der Waals surface area contributed by atoms with Gasteiger partial charge in [0.1, 0.15) is 41.3 Å². The number of carbonyl (C=O) groups excluding carboxylic acids is 1. The lowest BCUT2D eigenvalue weighted by Crippen LogP contribution is -2.42. The lowest BCUT2D eigenvalue weighted by molar-refractivity contribution is -0.134. The smallest absolute Gasteiger partial charge is 0.406 e. The molecule has 1 atom stereocenters. The van der Waals surface area contributed by atoms with Gasteiger partial charge >= 0.3 is 6.18 Å². The van der Waals surface area contributed by atoms with Gasteiger partial charge < -0.3 is 14.4 Å². The van der Waals surface area contributed by atoms with Crippen LogP contribution in [-0.4, -0.2) is 45.7 Å². The van der Waals surface area contributed by atoms with Crippen LogP contribution in [0, 0.1) is 5.82 Å². The molecule has 1 aliphatic rings. The van der Waals surface area contributed by atoms with Crippen LogP contribution in [0.15, 0.2) is 67.1 Å². The third-order valence-corrected chi connectivity index (χ3v) is 6.09. The lowest BCUT2D eigenvalue weighted by atomic mass is 10.1. The summed E-state index contributed by atoms with van der Waals surface area (Å²) in [6, 6.07) is 11.1. The van der Waals surface area contributed by atoms with Gasteiger partial charge in [-0.1, -0.05) is 11.3 Å². The quantitative estimate of drug-likeness (QED) is 0.314. The molecular weight excluding hydrogens is 506 g/mol. The van der Waals surface area contributed by atoms with Crippen LogP contribution in [0.3, 0.4) is 0 Å². The molecule has 38 heavy (non-hydrogen) atoms. The molecule has 0 saturated heterocycles. The van der Waals surface area contributed by atoms with Crippen LogP contribution >= 0.6 is 0 Å². The number of alkyl halides is 3. The zero-order chi connectivity index (χ0) is 26.9. The summed E-state index contributed by atoms with van der Waals surface area (Å²) >= 11 is 0. The van der Waals surface area contributed by atoms with E-state index in [0.29, 0.717) is 33.4 Å². The van der Waals surface area contributed by atoms with E-state index in [9.17, 15) is 22.4 Å². The second-order valence-corrected chi connectivity index (χ2v) is 8.57. The van der Waals surface area contributed by atoms with Crippen LogP contribution < -0.4 is 14.4 Å². The number of hydrogen-bond acceptors (Lipinski definition) is 6. The number of carbonyl (C=O) groups is 1. The van der Waals surface area contributed by atoms with Crippen LogP contribution in [0.5, 0.6) is 17.2 Å². The summed E-state index contributed by atoms with van der Waals surface area (Å²) in [6.07, 6.45) is 0.0395. The zero-order valence-electron chi connectivity index (χ0n) is 20.0. The molecule has 12 heteroatoms. The standard InChI is InChI=1S/C26H21F4N5O3/c1-37-24-12-16(38-17-4-3-11-31-13-17)7-8-19(24)21-14-35(33-32-21)23-10-9-18-20(27)5-2-6-22(18)34(25(23)36)15-26(28,29)30/h2-8,11-14,23H,9-10,15H2,1H3. The fourth-order valence-corrected chi connectivity index (χ4v) is 4.38. The number of benzene rings is 2. The first-order valence-electron chi connectivity index (χ1n) is 11.6. The molecule has 0 spiro atoms. The molecule has 4 aromatic rings. The van der Waals surface area contributed by atoms with Crippen molar-refractivity contribution in [3.63, 3.8) is 0 Å². The molecule has 196 valence electrons. The number of rotatable bonds is 6. The Labute approximate surface area is 214 Å². The van der Waals surface area contributed by atoms with Crippen molar-refractivity contribution in [1.29, 1.82) is 0 Å². The molecule has 0 radical (unpaired) electrons. The number of nitrogens with zero attached hydrogens (tertiary/aromatic N) is 5. The second kappa shape index (κ2) is 10.1. The molecule has 1 amide bonds. The predicted octanol–water partition coefficient (Wildman–Crippen LogP) is 5.36. The fourth-order valence-electron chi connectivity index (χ4n) is 4.38. The molecule has 0 bridgehead atoms. The first-order valence-corrected chi connectivity index (χ1v) is 11.6. The number of hydrogen-bond donors (Lipinski definition) is 0. The van der Waals surface area contributed by atoms with Crippen LogP contribution in [0.25, 0.3) is 11.3 Å². The van der Waals surface area contributed by atoms with Crippen LogP contribution in [0.1, 0.15) is 18.0 Å². The number of methoxy groups -OCH3 is 1. The number of fused-ring (bicyclic) bond motifs is 1. The molecule has 1 aliphatic heterocycles. The van der Waals surface area contributed by atoms with Crippen molar-refractivity contribution >= 4 is 11.6 Å². The Morgan fingerprint density at radius 2 is 1.95 bits per heavy atom. The van der Waals surface area contributed by atoms with Gasteiger partial charge in [0.25, 0.3) is 5.91 Å². The monoisotopic (exact) mass is 527 g/mol. The average Bonchev–Trinajstić information content (AvgIpc) is 3.33. The summed E-state index contributed by atoms with van der Waals surface area (Å²) < 4.78 is 67.2. The Morgan fingerprint density at radius 3 is 2.68 bits per heavy atom. The number of ether oxygens (including phenoxy) is 2. The molecule has 2 aromatic carbocycles. The Morgan fingerprint density at radius 1 is 1.11 bits per heavy atom. The SMILES string of the molecule is COc1cc(Oc2cccnc2)ccc1-c1cn(C2CCc3c(F)cccc3N(CC(F)(F)F)C2=O)nn1. The van der Waals surface area contributed by atoms with Crippen molar-refractivity contribution in [2.75, 3.05) is 18.6 Å². The van der Waals surface area contributed by atoms with Gasteiger partial charge in [0.05, 0.1) is 25.2 Å². The maximum atomic E-state index is 14.5. The van der Waals surface area contributed by atoms with Crippen molar-refractivity contribution in [3.05, 3.63) is 78.5 Å². The van der Waals surface area contributed by atoms with Crippen LogP contribution in [0.2, 0.25) is 0 Å². The summed E-state index contributed by atoms with van der Waals surface area (Å²) in [7, 11) is 1.46. The van der Waals surface area contributed by atoms with Crippen LogP contribution in [-0.2, 0) is 11.2 Å². The van der Waals surface area contributed by atoms with Crippen molar-refractivity contribution < 1.29 is 31.8 Å². The van der Waals surface area contributed by atoms with Crippen molar-refractivity contribution in [3.8, 4) is 28.5 Å². The molecule has 1 unspecified atom stereocenters. The highest BCUT2D eigenvalue weighted by atomic mass is 19.4. The topological polar surface area (TPSA) is 82.4 Å². The Bertz CT molecular complexity index is 1460. The predicted molar refractivity (Wildman–Crippen MR) is 128 cm³/mol. The van der Waals surface area contributed by atoms with Crippen molar-refractivity contribution in [2.45, 2.75) is 25.1 Å². The van der Waals surface area contributed by atoms with Crippen molar-refractivity contribution in [1.82, 2.24) is 20.0 Å². The van der Waals surface area contributed by atoms with Gasteiger partial charge in [-0.2, -0.15) is 13.2 Å². The summed E-state index contributed by atoms with van der Waals surface area (Å²) in [5, 5.41) is 8.17. The van der Waals surface area contributed by atoms with Crippen LogP contribution in [0.4, 0.5) is 23.2 Å². The van der Waals surface area contributed by atoms with E-state index < -0.39 is 30.5 Å². The molecular formula is C26H21F4N5O3. The third-order valence-electron chi connectivity index (χ3n) is 6.09. The van der Waals surface area contributed by atoms with Gasteiger partial charge in [-0.25, -0.2) is 9.07 Å². The molecule has 2 aromatic heterocycles. The van der Waals surface area contributed by atoms with E-state index in [1.165, 1.54) is 30.1 Å². The van der Waals surface area contributed by atoms with Gasteiger partial charge in [0.2, 0.25) is 0 Å². The number of anilines is 1. The summed E-state index contributed by atoms with van der Waals surface area (Å²) in [5.41, 5.74) is 0.817. The van der Waals surface area contributed by atoms with E-state index in [0.717, 1.165) is 6.07 Å². The third kappa shape index (κ3) is 5.15. The van der Waals surface area contributed by atoms with Gasteiger partial charge in [0.15, 0.2) is 0 Å². The number of amides is 1. The largest absolute Gasteiger partial charge is 0.496 e. The van der Waals surface area contributed by atoms with Gasteiger partial charge in [0, 0.05) is 23.4 Å². The number of halogens is 4. The first kappa shape index (κ1) is 25.2.